The van der Waals surface area contributed by atoms with Crippen LogP contribution in [0.5, 0.6) is 0 Å². The van der Waals surface area contributed by atoms with Gasteiger partial charge in [-0.1, -0.05) is 12.8 Å². The molecule has 0 aromatic carbocycles. The molecular formula is C21H27NO4S. The summed E-state index contributed by atoms with van der Waals surface area (Å²) in [6.07, 6.45) is 7.33. The summed E-state index contributed by atoms with van der Waals surface area (Å²) < 4.78 is 5.67. The second kappa shape index (κ2) is 6.43. The standard InChI is InChI=1S/C21H27NO4S/c1-20(2,3)26-19(25)16-13-7-6-9-15(13)27-18(16)22-11-21(12-23)10-5-4-8-14(21)17(22)24/h12,14H,4-11H2,1-3H3. The quantitative estimate of drug-likeness (QED) is 0.581. The first-order valence-electron chi connectivity index (χ1n) is 9.91. The van der Waals surface area contributed by atoms with Gasteiger partial charge >= 0.3 is 5.97 Å². The molecule has 1 aromatic heterocycles. The average molecular weight is 390 g/mol. The lowest BCUT2D eigenvalue weighted by atomic mass is 9.69. The number of thiophene rings is 1. The summed E-state index contributed by atoms with van der Waals surface area (Å²) in [7, 11) is 0. The number of rotatable bonds is 3. The third-order valence-electron chi connectivity index (χ3n) is 6.08. The molecular weight excluding hydrogens is 362 g/mol. The zero-order chi connectivity index (χ0) is 19.4. The summed E-state index contributed by atoms with van der Waals surface area (Å²) in [6, 6.07) is 0. The number of aryl methyl sites for hydroxylation is 1. The molecule has 2 heterocycles. The van der Waals surface area contributed by atoms with Crippen molar-refractivity contribution in [2.45, 2.75) is 71.3 Å². The number of aldehydes is 1. The van der Waals surface area contributed by atoms with Crippen molar-refractivity contribution in [2.24, 2.45) is 11.3 Å². The molecule has 2 aliphatic carbocycles. The molecule has 0 radical (unpaired) electrons. The largest absolute Gasteiger partial charge is 0.456 e. The van der Waals surface area contributed by atoms with Crippen LogP contribution in [0.3, 0.4) is 0 Å². The first-order valence-corrected chi connectivity index (χ1v) is 10.7. The van der Waals surface area contributed by atoms with E-state index in [1.807, 2.05) is 20.8 Å². The topological polar surface area (TPSA) is 63.7 Å². The van der Waals surface area contributed by atoms with E-state index in [0.717, 1.165) is 56.8 Å². The smallest absolute Gasteiger partial charge is 0.341 e. The molecule has 1 saturated heterocycles. The number of esters is 1. The molecule has 1 aliphatic heterocycles. The van der Waals surface area contributed by atoms with E-state index in [0.29, 0.717) is 17.1 Å². The molecule has 6 heteroatoms. The molecule has 2 atom stereocenters. The number of anilines is 1. The van der Waals surface area contributed by atoms with Crippen molar-refractivity contribution in [3.05, 3.63) is 16.0 Å². The van der Waals surface area contributed by atoms with E-state index in [2.05, 4.69) is 0 Å². The highest BCUT2D eigenvalue weighted by atomic mass is 32.1. The summed E-state index contributed by atoms with van der Waals surface area (Å²) in [5, 5.41) is 0.703. The number of carbonyl (C=O) groups is 3. The third kappa shape index (κ3) is 3.02. The van der Waals surface area contributed by atoms with Crippen molar-refractivity contribution in [3.8, 4) is 0 Å². The Morgan fingerprint density at radius 1 is 1.26 bits per heavy atom. The molecule has 3 aliphatic rings. The van der Waals surface area contributed by atoms with E-state index in [9.17, 15) is 14.4 Å². The van der Waals surface area contributed by atoms with Gasteiger partial charge in [-0.3, -0.25) is 4.79 Å². The second-order valence-corrected chi connectivity index (χ2v) is 10.2. The van der Waals surface area contributed by atoms with Crippen molar-refractivity contribution < 1.29 is 19.1 Å². The van der Waals surface area contributed by atoms with Crippen LogP contribution in [0, 0.1) is 11.3 Å². The maximum Gasteiger partial charge on any atom is 0.341 e. The minimum Gasteiger partial charge on any atom is -0.456 e. The van der Waals surface area contributed by atoms with Gasteiger partial charge in [-0.25, -0.2) is 4.79 Å². The Balaban J connectivity index is 1.75. The minimum absolute atomic E-state index is 0.00605. The second-order valence-electron chi connectivity index (χ2n) is 9.11. The van der Waals surface area contributed by atoms with Gasteiger partial charge in [-0.15, -0.1) is 11.3 Å². The van der Waals surface area contributed by atoms with E-state index in [1.54, 1.807) is 16.2 Å². The van der Waals surface area contributed by atoms with E-state index in [1.165, 1.54) is 4.88 Å². The number of hydrogen-bond donors (Lipinski definition) is 0. The number of ether oxygens (including phenoxy) is 1. The lowest BCUT2D eigenvalue weighted by Crippen LogP contribution is -2.35. The highest BCUT2D eigenvalue weighted by Gasteiger charge is 2.54. The fourth-order valence-electron chi connectivity index (χ4n) is 4.85. The Morgan fingerprint density at radius 2 is 2.04 bits per heavy atom. The van der Waals surface area contributed by atoms with Crippen LogP contribution in [0.15, 0.2) is 0 Å². The molecule has 1 amide bonds. The first-order chi connectivity index (χ1) is 12.8. The van der Waals surface area contributed by atoms with Crippen molar-refractivity contribution in [1.82, 2.24) is 0 Å². The maximum absolute atomic E-state index is 13.2. The fraction of sp³-hybridized carbons (Fsp3) is 0.667. The Hall–Kier alpha value is -1.69. The molecule has 1 saturated carbocycles. The minimum atomic E-state index is -0.588. The molecule has 0 bridgehead atoms. The Morgan fingerprint density at radius 3 is 2.70 bits per heavy atom. The van der Waals surface area contributed by atoms with Crippen molar-refractivity contribution in [2.75, 3.05) is 11.4 Å². The Kier molecular flexibility index (Phi) is 4.45. The lowest BCUT2D eigenvalue weighted by Gasteiger charge is -2.31. The van der Waals surface area contributed by atoms with Gasteiger partial charge in [0, 0.05) is 11.4 Å². The van der Waals surface area contributed by atoms with Crippen LogP contribution in [0.2, 0.25) is 0 Å². The SMILES string of the molecule is CC(C)(C)OC(=O)c1c(N2CC3(C=O)CCCCC3C2=O)sc2c1CCC2. The van der Waals surface area contributed by atoms with E-state index < -0.39 is 11.0 Å². The highest BCUT2D eigenvalue weighted by molar-refractivity contribution is 7.17. The highest BCUT2D eigenvalue weighted by Crippen LogP contribution is 2.51. The van der Waals surface area contributed by atoms with Crippen molar-refractivity contribution in [1.29, 1.82) is 0 Å². The number of nitrogens with zero attached hydrogens (tertiary/aromatic N) is 1. The van der Waals surface area contributed by atoms with Crippen LogP contribution in [0.1, 0.15) is 73.7 Å². The van der Waals surface area contributed by atoms with Gasteiger partial charge in [0.1, 0.15) is 16.9 Å². The molecule has 4 rings (SSSR count). The van der Waals surface area contributed by atoms with E-state index in [-0.39, 0.29) is 17.8 Å². The van der Waals surface area contributed by atoms with E-state index >= 15 is 0 Å². The monoisotopic (exact) mass is 389 g/mol. The predicted octanol–water partition coefficient (Wildman–Crippen LogP) is 3.91. The summed E-state index contributed by atoms with van der Waals surface area (Å²) in [6.45, 7) is 5.96. The first kappa shape index (κ1) is 18.7. The summed E-state index contributed by atoms with van der Waals surface area (Å²) in [5.74, 6) is -0.585. The molecule has 2 unspecified atom stereocenters. The predicted molar refractivity (Wildman–Crippen MR) is 104 cm³/mol. The van der Waals surface area contributed by atoms with Crippen molar-refractivity contribution >= 4 is 34.5 Å². The van der Waals surface area contributed by atoms with Crippen LogP contribution in [-0.2, 0) is 27.2 Å². The number of hydrogen-bond acceptors (Lipinski definition) is 5. The molecule has 27 heavy (non-hydrogen) atoms. The molecule has 5 nitrogen and oxygen atoms in total. The number of amides is 1. The van der Waals surface area contributed by atoms with Gasteiger partial charge < -0.3 is 14.4 Å². The molecule has 0 spiro atoms. The van der Waals surface area contributed by atoms with Crippen molar-refractivity contribution in [3.63, 3.8) is 0 Å². The molecule has 0 N–H and O–H groups in total. The van der Waals surface area contributed by atoms with Gasteiger partial charge in [0.25, 0.3) is 0 Å². The Labute approximate surface area is 164 Å². The lowest BCUT2D eigenvalue weighted by molar-refractivity contribution is -0.128. The van der Waals surface area contributed by atoms with Crippen LogP contribution in [0.4, 0.5) is 5.00 Å². The number of carbonyl (C=O) groups excluding carboxylic acids is 3. The normalized spacial score (nSPS) is 27.4. The molecule has 2 fully saturated rings. The van der Waals surface area contributed by atoms with Gasteiger partial charge in [-0.05, 0) is 58.4 Å². The van der Waals surface area contributed by atoms with E-state index in [4.69, 9.17) is 4.74 Å². The summed E-state index contributed by atoms with van der Waals surface area (Å²) in [5.41, 5.74) is 0.437. The zero-order valence-electron chi connectivity index (χ0n) is 16.3. The van der Waals surface area contributed by atoms with Crippen LogP contribution in [-0.4, -0.2) is 30.3 Å². The molecule has 146 valence electrons. The average Bonchev–Trinajstić information content (AvgIpc) is 3.25. The molecule has 1 aromatic rings. The van der Waals surface area contributed by atoms with Crippen LogP contribution >= 0.6 is 11.3 Å². The maximum atomic E-state index is 13.2. The van der Waals surface area contributed by atoms with Gasteiger partial charge in [-0.2, -0.15) is 0 Å². The Bertz CT molecular complexity index is 806. The van der Waals surface area contributed by atoms with Gasteiger partial charge in [0.05, 0.1) is 16.9 Å². The summed E-state index contributed by atoms with van der Waals surface area (Å²) in [4.78, 5) is 41.1. The van der Waals surface area contributed by atoms with Crippen LogP contribution < -0.4 is 4.90 Å². The zero-order valence-corrected chi connectivity index (χ0v) is 17.1. The number of fused-ring (bicyclic) bond motifs is 2. The van der Waals surface area contributed by atoms with Crippen LogP contribution in [0.25, 0.3) is 0 Å². The summed E-state index contributed by atoms with van der Waals surface area (Å²) >= 11 is 1.55. The third-order valence-corrected chi connectivity index (χ3v) is 7.40. The van der Waals surface area contributed by atoms with Gasteiger partial charge in [0.2, 0.25) is 5.91 Å². The fourth-order valence-corrected chi connectivity index (χ4v) is 6.23. The van der Waals surface area contributed by atoms with Gasteiger partial charge in [0.15, 0.2) is 0 Å².